The van der Waals surface area contributed by atoms with Crippen molar-refractivity contribution in [2.45, 2.75) is 38.0 Å². The molecule has 1 amide bonds. The predicted molar refractivity (Wildman–Crippen MR) is 69.6 cm³/mol. The molecule has 7 nitrogen and oxygen atoms in total. The number of nitrogens with one attached hydrogen (secondary N) is 1. The van der Waals surface area contributed by atoms with Crippen molar-refractivity contribution in [1.82, 2.24) is 5.32 Å². The third-order valence-corrected chi connectivity index (χ3v) is 4.60. The molecular formula is C11H21NO6S. The van der Waals surface area contributed by atoms with Gasteiger partial charge in [-0.05, 0) is 20.8 Å². The maximum atomic E-state index is 11.7. The van der Waals surface area contributed by atoms with E-state index in [1.165, 1.54) is 27.9 Å². The number of carboxylic acids is 1. The number of hydrogen-bond donors (Lipinski definition) is 2. The Balaban J connectivity index is 4.78. The lowest BCUT2D eigenvalue weighted by molar-refractivity contribution is -0.139. The van der Waals surface area contributed by atoms with Gasteiger partial charge in [0.25, 0.3) is 0 Å². The van der Waals surface area contributed by atoms with Crippen LogP contribution in [0.2, 0.25) is 0 Å². The fraction of sp³-hybridized carbons (Fsp3) is 0.818. The van der Waals surface area contributed by atoms with Crippen molar-refractivity contribution in [3.63, 3.8) is 0 Å². The minimum Gasteiger partial charge on any atom is -0.481 e. The van der Waals surface area contributed by atoms with Gasteiger partial charge in [-0.25, -0.2) is 8.42 Å². The van der Waals surface area contributed by atoms with Gasteiger partial charge in [0.05, 0.1) is 23.8 Å². The molecule has 0 saturated carbocycles. The van der Waals surface area contributed by atoms with Gasteiger partial charge in [0.2, 0.25) is 5.91 Å². The van der Waals surface area contributed by atoms with Gasteiger partial charge in [0.1, 0.15) is 5.75 Å². The summed E-state index contributed by atoms with van der Waals surface area (Å²) < 4.78 is 28.1. The molecule has 0 saturated heterocycles. The SMILES string of the molecule is COCC(C)(CC(=O)O)NC(=O)CS(=O)(=O)C(C)C. The first-order chi connectivity index (χ1) is 8.52. The molecule has 19 heavy (non-hydrogen) atoms. The smallest absolute Gasteiger partial charge is 0.305 e. The van der Waals surface area contributed by atoms with Gasteiger partial charge in [-0.1, -0.05) is 0 Å². The van der Waals surface area contributed by atoms with E-state index in [0.29, 0.717) is 0 Å². The Bertz CT molecular complexity index is 430. The highest BCUT2D eigenvalue weighted by Gasteiger charge is 2.31. The molecule has 2 N–H and O–H groups in total. The van der Waals surface area contributed by atoms with Crippen LogP contribution in [0.5, 0.6) is 0 Å². The largest absolute Gasteiger partial charge is 0.481 e. The summed E-state index contributed by atoms with van der Waals surface area (Å²) in [5.74, 6) is -2.50. The number of aliphatic carboxylic acids is 1. The zero-order valence-corrected chi connectivity index (χ0v) is 12.4. The quantitative estimate of drug-likeness (QED) is 0.642. The van der Waals surface area contributed by atoms with E-state index in [1.54, 1.807) is 0 Å². The van der Waals surface area contributed by atoms with Crippen molar-refractivity contribution in [2.75, 3.05) is 19.5 Å². The van der Waals surface area contributed by atoms with Crippen LogP contribution in [0.1, 0.15) is 27.2 Å². The average Bonchev–Trinajstić information content (AvgIpc) is 2.13. The molecular weight excluding hydrogens is 274 g/mol. The van der Waals surface area contributed by atoms with Crippen LogP contribution in [0.4, 0.5) is 0 Å². The molecule has 0 aromatic carbocycles. The van der Waals surface area contributed by atoms with Crippen molar-refractivity contribution in [3.8, 4) is 0 Å². The Hall–Kier alpha value is -1.15. The van der Waals surface area contributed by atoms with E-state index in [4.69, 9.17) is 9.84 Å². The van der Waals surface area contributed by atoms with Crippen LogP contribution in [-0.2, 0) is 24.2 Å². The number of sulfone groups is 1. The highest BCUT2D eigenvalue weighted by molar-refractivity contribution is 7.92. The van der Waals surface area contributed by atoms with Gasteiger partial charge in [0.15, 0.2) is 9.84 Å². The third-order valence-electron chi connectivity index (χ3n) is 2.50. The number of hydrogen-bond acceptors (Lipinski definition) is 5. The molecule has 0 aliphatic carbocycles. The maximum absolute atomic E-state index is 11.7. The molecule has 0 aliphatic heterocycles. The number of carbonyl (C=O) groups is 2. The second kappa shape index (κ2) is 6.85. The molecule has 0 spiro atoms. The summed E-state index contributed by atoms with van der Waals surface area (Å²) >= 11 is 0. The highest BCUT2D eigenvalue weighted by Crippen LogP contribution is 2.11. The zero-order chi connectivity index (χ0) is 15.3. The van der Waals surface area contributed by atoms with Crippen LogP contribution in [-0.4, -0.2) is 55.7 Å². The summed E-state index contributed by atoms with van der Waals surface area (Å²) in [6.07, 6.45) is -0.353. The highest BCUT2D eigenvalue weighted by atomic mass is 32.2. The van der Waals surface area contributed by atoms with Crippen LogP contribution < -0.4 is 5.32 Å². The third kappa shape index (κ3) is 6.53. The van der Waals surface area contributed by atoms with Gasteiger partial charge < -0.3 is 15.2 Å². The average molecular weight is 295 g/mol. The minimum atomic E-state index is -3.51. The first-order valence-corrected chi connectivity index (χ1v) is 7.47. The minimum absolute atomic E-state index is 0.0211. The molecule has 0 radical (unpaired) electrons. The van der Waals surface area contributed by atoms with E-state index in [-0.39, 0.29) is 13.0 Å². The second-order valence-corrected chi connectivity index (χ2v) is 7.53. The molecule has 0 rings (SSSR count). The van der Waals surface area contributed by atoms with Crippen molar-refractivity contribution in [2.24, 2.45) is 0 Å². The Kier molecular flexibility index (Phi) is 6.44. The normalized spacial score (nSPS) is 15.0. The summed E-state index contributed by atoms with van der Waals surface area (Å²) in [6, 6.07) is 0. The summed E-state index contributed by atoms with van der Waals surface area (Å²) in [7, 11) is -2.14. The van der Waals surface area contributed by atoms with Crippen LogP contribution in [0.25, 0.3) is 0 Å². The predicted octanol–water partition coefficient (Wildman–Crippen LogP) is -0.194. The molecule has 1 unspecified atom stereocenters. The Morgan fingerprint density at radius 1 is 1.37 bits per heavy atom. The monoisotopic (exact) mass is 295 g/mol. The van der Waals surface area contributed by atoms with Crippen LogP contribution >= 0.6 is 0 Å². The lowest BCUT2D eigenvalue weighted by atomic mass is 9.99. The van der Waals surface area contributed by atoms with Crippen LogP contribution in [0.15, 0.2) is 0 Å². The Morgan fingerprint density at radius 3 is 2.26 bits per heavy atom. The van der Waals surface area contributed by atoms with E-state index in [2.05, 4.69) is 5.32 Å². The second-order valence-electron chi connectivity index (χ2n) is 4.97. The lowest BCUT2D eigenvalue weighted by Gasteiger charge is -2.28. The first kappa shape index (κ1) is 17.8. The van der Waals surface area contributed by atoms with Gasteiger partial charge in [-0.3, -0.25) is 9.59 Å². The molecule has 0 heterocycles. The molecule has 0 fully saturated rings. The Labute approximate surface area is 113 Å². The summed E-state index contributed by atoms with van der Waals surface area (Å²) in [5, 5.41) is 10.5. The van der Waals surface area contributed by atoms with Crippen molar-refractivity contribution in [1.29, 1.82) is 0 Å². The van der Waals surface area contributed by atoms with Crippen molar-refractivity contribution < 1.29 is 27.9 Å². The van der Waals surface area contributed by atoms with E-state index < -0.39 is 38.3 Å². The van der Waals surface area contributed by atoms with Gasteiger partial charge in [0, 0.05) is 7.11 Å². The van der Waals surface area contributed by atoms with E-state index in [1.807, 2.05) is 0 Å². The topological polar surface area (TPSA) is 110 Å². The number of carbonyl (C=O) groups excluding carboxylic acids is 1. The molecule has 0 aromatic rings. The lowest BCUT2D eigenvalue weighted by Crippen LogP contribution is -2.52. The molecule has 8 heteroatoms. The van der Waals surface area contributed by atoms with Crippen LogP contribution in [0.3, 0.4) is 0 Å². The number of rotatable bonds is 8. The van der Waals surface area contributed by atoms with Gasteiger partial charge in [-0.15, -0.1) is 0 Å². The number of ether oxygens (including phenoxy) is 1. The van der Waals surface area contributed by atoms with Gasteiger partial charge >= 0.3 is 5.97 Å². The fourth-order valence-corrected chi connectivity index (χ4v) is 2.28. The molecule has 1 atom stereocenters. The number of amides is 1. The molecule has 0 bridgehead atoms. The Morgan fingerprint density at radius 2 is 1.89 bits per heavy atom. The number of carboxylic acid groups (broad SMARTS) is 1. The van der Waals surface area contributed by atoms with E-state index in [0.717, 1.165) is 0 Å². The van der Waals surface area contributed by atoms with E-state index in [9.17, 15) is 18.0 Å². The summed E-state index contributed by atoms with van der Waals surface area (Å²) in [5.41, 5.74) is -1.13. The standard InChI is InChI=1S/C11H21NO6S/c1-8(2)19(16,17)6-9(13)12-11(3,7-18-4)5-10(14)15/h8H,5-7H2,1-4H3,(H,12,13)(H,14,15). The maximum Gasteiger partial charge on any atom is 0.305 e. The number of methoxy groups -OCH3 is 1. The summed E-state index contributed by atoms with van der Waals surface area (Å²) in [6.45, 7) is 4.43. The van der Waals surface area contributed by atoms with Crippen molar-refractivity contribution in [3.05, 3.63) is 0 Å². The first-order valence-electron chi connectivity index (χ1n) is 5.76. The summed E-state index contributed by atoms with van der Waals surface area (Å²) in [4.78, 5) is 22.4. The van der Waals surface area contributed by atoms with Crippen molar-refractivity contribution >= 4 is 21.7 Å². The zero-order valence-electron chi connectivity index (χ0n) is 11.6. The fourth-order valence-electron chi connectivity index (χ4n) is 1.51. The van der Waals surface area contributed by atoms with Crippen LogP contribution in [0, 0.1) is 0 Å². The molecule has 0 aliphatic rings. The molecule has 112 valence electrons. The molecule has 0 aromatic heterocycles. The van der Waals surface area contributed by atoms with E-state index >= 15 is 0 Å². The van der Waals surface area contributed by atoms with Gasteiger partial charge in [-0.2, -0.15) is 0 Å².